The smallest absolute Gasteiger partial charge is 0.251 e. The molecule has 1 aliphatic heterocycles. The molecule has 31 heavy (non-hydrogen) atoms. The summed E-state index contributed by atoms with van der Waals surface area (Å²) < 4.78 is 10.6. The van der Waals surface area contributed by atoms with Crippen molar-refractivity contribution in [3.8, 4) is 5.75 Å². The van der Waals surface area contributed by atoms with Crippen LogP contribution in [-0.4, -0.2) is 82.4 Å². The topological polar surface area (TPSA) is 87.2 Å². The quantitative estimate of drug-likeness (QED) is 0.180. The van der Waals surface area contributed by atoms with E-state index in [1.54, 1.807) is 31.4 Å². The van der Waals surface area contributed by atoms with Gasteiger partial charge < -0.3 is 25.4 Å². The maximum Gasteiger partial charge on any atom is 0.251 e. The van der Waals surface area contributed by atoms with Crippen LogP contribution < -0.4 is 20.7 Å². The number of carbonyl (C=O) groups excluding carboxylic acids is 1. The fourth-order valence-electron chi connectivity index (χ4n) is 3.38. The maximum absolute atomic E-state index is 12.2. The van der Waals surface area contributed by atoms with Gasteiger partial charge in [-0.25, -0.2) is 0 Å². The van der Waals surface area contributed by atoms with Gasteiger partial charge in [0.15, 0.2) is 5.96 Å². The Morgan fingerprint density at radius 3 is 2.35 bits per heavy atom. The van der Waals surface area contributed by atoms with Crippen LogP contribution in [0.25, 0.3) is 0 Å². The van der Waals surface area contributed by atoms with Crippen LogP contribution in [0.1, 0.15) is 31.1 Å². The van der Waals surface area contributed by atoms with Gasteiger partial charge in [0, 0.05) is 44.3 Å². The van der Waals surface area contributed by atoms with Crippen molar-refractivity contribution in [2.75, 3.05) is 59.6 Å². The highest BCUT2D eigenvalue weighted by atomic mass is 127. The first-order valence-electron chi connectivity index (χ1n) is 10.8. The lowest BCUT2D eigenvalue weighted by atomic mass is 10.0. The minimum absolute atomic E-state index is 0. The SMILES string of the molecule is CCNC(=NCC(C(C)C)N1CCOCC1)NCCNC(=O)c1ccc(OC)cc1.I. The molecule has 0 spiro atoms. The van der Waals surface area contributed by atoms with Gasteiger partial charge in [0.05, 0.1) is 26.9 Å². The van der Waals surface area contributed by atoms with Crippen LogP contribution in [0, 0.1) is 5.92 Å². The summed E-state index contributed by atoms with van der Waals surface area (Å²) in [6.45, 7) is 12.6. The van der Waals surface area contributed by atoms with Crippen LogP contribution >= 0.6 is 24.0 Å². The molecule has 0 saturated carbocycles. The number of ether oxygens (including phenoxy) is 2. The Labute approximate surface area is 203 Å². The van der Waals surface area contributed by atoms with Crippen molar-refractivity contribution in [3.63, 3.8) is 0 Å². The largest absolute Gasteiger partial charge is 0.497 e. The maximum atomic E-state index is 12.2. The first-order valence-corrected chi connectivity index (χ1v) is 10.8. The summed E-state index contributed by atoms with van der Waals surface area (Å²) in [5, 5.41) is 9.51. The Hall–Kier alpha value is -1.59. The second-order valence-corrected chi connectivity index (χ2v) is 7.59. The number of amides is 1. The standard InChI is InChI=1S/C22H37N5O3.HI/c1-5-23-22(26-16-20(17(2)3)27-12-14-30-15-13-27)25-11-10-24-21(28)18-6-8-19(29-4)9-7-18;/h6-9,17,20H,5,10-16H2,1-4H3,(H,24,28)(H2,23,25,26);1H. The van der Waals surface area contributed by atoms with Crippen molar-refractivity contribution in [2.45, 2.75) is 26.8 Å². The van der Waals surface area contributed by atoms with Crippen LogP contribution in [0.4, 0.5) is 0 Å². The Kier molecular flexibility index (Phi) is 13.5. The molecule has 1 heterocycles. The first-order chi connectivity index (χ1) is 14.5. The van der Waals surface area contributed by atoms with Crippen molar-refractivity contribution in [2.24, 2.45) is 10.9 Å². The Morgan fingerprint density at radius 1 is 1.13 bits per heavy atom. The molecule has 0 aromatic heterocycles. The molecular weight excluding hydrogens is 509 g/mol. The van der Waals surface area contributed by atoms with Crippen LogP contribution in [0.5, 0.6) is 5.75 Å². The van der Waals surface area contributed by atoms with Gasteiger partial charge in [0.2, 0.25) is 0 Å². The molecule has 176 valence electrons. The summed E-state index contributed by atoms with van der Waals surface area (Å²) in [5.74, 6) is 1.92. The third kappa shape index (κ3) is 9.61. The summed E-state index contributed by atoms with van der Waals surface area (Å²) in [6, 6.07) is 7.46. The Morgan fingerprint density at radius 2 is 1.77 bits per heavy atom. The van der Waals surface area contributed by atoms with Gasteiger partial charge in [-0.05, 0) is 37.1 Å². The Bertz CT molecular complexity index is 664. The Balaban J connectivity index is 0.00000480. The number of rotatable bonds is 10. The number of nitrogens with zero attached hydrogens (tertiary/aromatic N) is 2. The highest BCUT2D eigenvalue weighted by Gasteiger charge is 2.23. The molecule has 1 aromatic rings. The molecule has 8 nitrogen and oxygen atoms in total. The summed E-state index contributed by atoms with van der Waals surface area (Å²) in [5.41, 5.74) is 0.613. The van der Waals surface area contributed by atoms with Crippen molar-refractivity contribution in [1.82, 2.24) is 20.9 Å². The van der Waals surface area contributed by atoms with Gasteiger partial charge in [0.25, 0.3) is 5.91 Å². The van der Waals surface area contributed by atoms with Crippen molar-refractivity contribution in [3.05, 3.63) is 29.8 Å². The van der Waals surface area contributed by atoms with E-state index in [1.165, 1.54) is 0 Å². The molecule has 1 aliphatic rings. The summed E-state index contributed by atoms with van der Waals surface area (Å²) in [7, 11) is 1.61. The number of aliphatic imine (C=N–C) groups is 1. The van der Waals surface area contributed by atoms with E-state index in [9.17, 15) is 4.79 Å². The van der Waals surface area contributed by atoms with Crippen LogP contribution in [0.15, 0.2) is 29.3 Å². The third-order valence-electron chi connectivity index (χ3n) is 5.12. The molecule has 3 N–H and O–H groups in total. The van der Waals surface area contributed by atoms with E-state index in [-0.39, 0.29) is 29.9 Å². The number of hydrogen-bond donors (Lipinski definition) is 3. The highest BCUT2D eigenvalue weighted by molar-refractivity contribution is 14.0. The predicted octanol–water partition coefficient (Wildman–Crippen LogP) is 1.95. The van der Waals surface area contributed by atoms with E-state index in [1.807, 2.05) is 6.92 Å². The highest BCUT2D eigenvalue weighted by Crippen LogP contribution is 2.13. The molecule has 1 aromatic carbocycles. The van der Waals surface area contributed by atoms with E-state index in [0.29, 0.717) is 30.6 Å². The molecule has 0 radical (unpaired) electrons. The zero-order valence-corrected chi connectivity index (χ0v) is 21.5. The monoisotopic (exact) mass is 547 g/mol. The van der Waals surface area contributed by atoms with Crippen LogP contribution in [0.2, 0.25) is 0 Å². The molecule has 1 unspecified atom stereocenters. The number of nitrogens with one attached hydrogen (secondary N) is 3. The van der Waals surface area contributed by atoms with E-state index < -0.39 is 0 Å². The second kappa shape index (κ2) is 15.3. The van der Waals surface area contributed by atoms with Gasteiger partial charge in [-0.1, -0.05) is 13.8 Å². The molecular formula is C22H38IN5O3. The minimum Gasteiger partial charge on any atom is -0.497 e. The van der Waals surface area contributed by atoms with Gasteiger partial charge >= 0.3 is 0 Å². The minimum atomic E-state index is -0.103. The fourth-order valence-corrected chi connectivity index (χ4v) is 3.38. The van der Waals surface area contributed by atoms with Gasteiger partial charge in [-0.2, -0.15) is 0 Å². The lowest BCUT2D eigenvalue weighted by Gasteiger charge is -2.36. The fraction of sp³-hybridized carbons (Fsp3) is 0.636. The number of methoxy groups -OCH3 is 1. The molecule has 1 saturated heterocycles. The normalized spacial score (nSPS) is 15.7. The number of hydrogen-bond acceptors (Lipinski definition) is 5. The average molecular weight is 547 g/mol. The van der Waals surface area contributed by atoms with E-state index in [0.717, 1.165) is 51.1 Å². The second-order valence-electron chi connectivity index (χ2n) is 7.59. The average Bonchev–Trinajstić information content (AvgIpc) is 2.77. The number of guanidine groups is 1. The summed E-state index contributed by atoms with van der Waals surface area (Å²) in [6.07, 6.45) is 0. The number of halogens is 1. The van der Waals surface area contributed by atoms with E-state index >= 15 is 0 Å². The van der Waals surface area contributed by atoms with Crippen LogP contribution in [-0.2, 0) is 4.74 Å². The number of benzene rings is 1. The summed E-state index contributed by atoms with van der Waals surface area (Å²) >= 11 is 0. The predicted molar refractivity (Wildman–Crippen MR) is 136 cm³/mol. The van der Waals surface area contributed by atoms with Gasteiger partial charge in [-0.3, -0.25) is 14.7 Å². The molecule has 1 amide bonds. The van der Waals surface area contributed by atoms with Crippen molar-refractivity contribution < 1.29 is 14.3 Å². The first kappa shape index (κ1) is 27.4. The third-order valence-corrected chi connectivity index (χ3v) is 5.12. The van der Waals surface area contributed by atoms with Gasteiger partial charge in [0.1, 0.15) is 5.75 Å². The van der Waals surface area contributed by atoms with Crippen molar-refractivity contribution >= 4 is 35.8 Å². The molecule has 1 fully saturated rings. The molecule has 2 rings (SSSR count). The lowest BCUT2D eigenvalue weighted by Crippen LogP contribution is -2.48. The lowest BCUT2D eigenvalue weighted by molar-refractivity contribution is 0.00867. The zero-order valence-electron chi connectivity index (χ0n) is 19.1. The number of morpholine rings is 1. The number of carbonyl (C=O) groups is 1. The van der Waals surface area contributed by atoms with Gasteiger partial charge in [-0.15, -0.1) is 24.0 Å². The van der Waals surface area contributed by atoms with Crippen LogP contribution in [0.3, 0.4) is 0 Å². The van der Waals surface area contributed by atoms with Crippen molar-refractivity contribution in [1.29, 1.82) is 0 Å². The van der Waals surface area contributed by atoms with E-state index in [4.69, 9.17) is 14.5 Å². The molecule has 9 heteroatoms. The molecule has 1 atom stereocenters. The zero-order chi connectivity index (χ0) is 21.8. The van der Waals surface area contributed by atoms with E-state index in [2.05, 4.69) is 34.7 Å². The summed E-state index contributed by atoms with van der Waals surface area (Å²) in [4.78, 5) is 19.5. The molecule has 0 aliphatic carbocycles. The molecule has 0 bridgehead atoms.